The van der Waals surface area contributed by atoms with Crippen molar-refractivity contribution >= 4 is 16.0 Å². The smallest absolute Gasteiger partial charge is 0.235 e. The first-order chi connectivity index (χ1) is 8.07. The fraction of sp³-hybridized carbons (Fsp3) is 0.778. The molecule has 2 heterocycles. The summed E-state index contributed by atoms with van der Waals surface area (Å²) >= 11 is 0. The normalized spacial score (nSPS) is 21.4. The van der Waals surface area contributed by atoms with E-state index in [1.54, 1.807) is 7.05 Å². The van der Waals surface area contributed by atoms with Gasteiger partial charge >= 0.3 is 0 Å². The molecule has 1 saturated heterocycles. The fourth-order valence-corrected chi connectivity index (χ4v) is 3.40. The number of rotatable bonds is 4. The van der Waals surface area contributed by atoms with Crippen molar-refractivity contribution in [2.45, 2.75) is 12.8 Å². The number of piperidine rings is 1. The molecule has 1 fully saturated rings. The monoisotopic (exact) mass is 259 g/mol. The van der Waals surface area contributed by atoms with Crippen LogP contribution >= 0.6 is 0 Å². The highest BCUT2D eigenvalue weighted by molar-refractivity contribution is 7.92. The highest BCUT2D eigenvalue weighted by atomic mass is 32.2. The van der Waals surface area contributed by atoms with Crippen molar-refractivity contribution in [3.8, 4) is 0 Å². The molecule has 1 aliphatic heterocycles. The van der Waals surface area contributed by atoms with Crippen LogP contribution in [0.3, 0.4) is 0 Å². The van der Waals surface area contributed by atoms with Crippen LogP contribution in [0.4, 0.5) is 5.95 Å². The third kappa shape index (κ3) is 3.40. The van der Waals surface area contributed by atoms with Crippen LogP contribution in [-0.4, -0.2) is 42.0 Å². The molecule has 8 heteroatoms. The lowest BCUT2D eigenvalue weighted by atomic mass is 10.0. The number of anilines is 1. The number of aromatic nitrogens is 3. The van der Waals surface area contributed by atoms with Crippen LogP contribution in [0.5, 0.6) is 0 Å². The molecule has 1 aromatic rings. The summed E-state index contributed by atoms with van der Waals surface area (Å²) in [6.07, 6.45) is 3.30. The molecule has 1 aromatic heterocycles. The molecule has 0 aliphatic carbocycles. The van der Waals surface area contributed by atoms with E-state index in [9.17, 15) is 8.42 Å². The Morgan fingerprint density at radius 1 is 1.65 bits per heavy atom. The summed E-state index contributed by atoms with van der Waals surface area (Å²) in [4.78, 5) is 3.84. The average Bonchev–Trinajstić information content (AvgIpc) is 2.64. The summed E-state index contributed by atoms with van der Waals surface area (Å²) in [7, 11) is -1.69. The van der Waals surface area contributed by atoms with Crippen molar-refractivity contribution in [3.63, 3.8) is 0 Å². The summed E-state index contributed by atoms with van der Waals surface area (Å²) in [6, 6.07) is 0. The van der Waals surface area contributed by atoms with Crippen molar-refractivity contribution < 1.29 is 8.42 Å². The Hall–Kier alpha value is -1.15. The van der Waals surface area contributed by atoms with E-state index < -0.39 is 10.0 Å². The number of hydrogen-bond acceptors (Lipinski definition) is 5. The van der Waals surface area contributed by atoms with Crippen LogP contribution in [0, 0.1) is 5.92 Å². The van der Waals surface area contributed by atoms with Gasteiger partial charge in [0.25, 0.3) is 0 Å². The molecule has 0 radical (unpaired) electrons. The predicted octanol–water partition coefficient (Wildman–Crippen LogP) is -0.444. The van der Waals surface area contributed by atoms with E-state index in [1.165, 1.54) is 11.0 Å². The fourth-order valence-electron chi connectivity index (χ4n) is 1.95. The summed E-state index contributed by atoms with van der Waals surface area (Å²) in [6.45, 7) is 1.74. The Morgan fingerprint density at radius 2 is 2.47 bits per heavy atom. The molecule has 0 amide bonds. The number of nitrogens with zero attached hydrogens (tertiary/aromatic N) is 3. The molecule has 0 bridgehead atoms. The minimum absolute atomic E-state index is 0.132. The molecule has 2 rings (SSSR count). The van der Waals surface area contributed by atoms with Gasteiger partial charge < -0.3 is 5.32 Å². The maximum absolute atomic E-state index is 11.9. The third-order valence-electron chi connectivity index (χ3n) is 2.81. The van der Waals surface area contributed by atoms with E-state index in [0.29, 0.717) is 0 Å². The van der Waals surface area contributed by atoms with Crippen molar-refractivity contribution in [3.05, 3.63) is 6.33 Å². The molecule has 0 spiro atoms. The van der Waals surface area contributed by atoms with Gasteiger partial charge in [0.1, 0.15) is 6.33 Å². The topological polar surface area (TPSA) is 88.9 Å². The lowest BCUT2D eigenvalue weighted by Gasteiger charge is -2.22. The molecule has 1 aliphatic rings. The lowest BCUT2D eigenvalue weighted by molar-refractivity contribution is 0.404. The molecule has 2 N–H and O–H groups in total. The first-order valence-corrected chi connectivity index (χ1v) is 7.27. The molecule has 96 valence electrons. The molecular formula is C9H17N5O2S. The van der Waals surface area contributed by atoms with Crippen molar-refractivity contribution in [2.75, 3.05) is 23.6 Å². The first kappa shape index (κ1) is 12.3. The second-order valence-electron chi connectivity index (χ2n) is 4.30. The SMILES string of the molecule is Cn1ncnc1NS(=O)(=O)CC1CCCNC1. The Kier molecular flexibility index (Phi) is 3.63. The van der Waals surface area contributed by atoms with E-state index in [-0.39, 0.29) is 17.6 Å². The maximum atomic E-state index is 11.9. The quantitative estimate of drug-likeness (QED) is 0.765. The number of sulfonamides is 1. The van der Waals surface area contributed by atoms with Gasteiger partial charge in [-0.25, -0.2) is 13.1 Å². The number of nitrogens with one attached hydrogen (secondary N) is 2. The van der Waals surface area contributed by atoms with Crippen molar-refractivity contribution in [1.29, 1.82) is 0 Å². The number of hydrogen-bond donors (Lipinski definition) is 2. The van der Waals surface area contributed by atoms with Gasteiger partial charge in [-0.15, -0.1) is 0 Å². The van der Waals surface area contributed by atoms with Gasteiger partial charge in [0.05, 0.1) is 5.75 Å². The molecule has 7 nitrogen and oxygen atoms in total. The predicted molar refractivity (Wildman–Crippen MR) is 64.0 cm³/mol. The Labute approximate surface area is 101 Å². The van der Waals surface area contributed by atoms with E-state index in [0.717, 1.165) is 25.9 Å². The summed E-state index contributed by atoms with van der Waals surface area (Å²) < 4.78 is 27.6. The van der Waals surface area contributed by atoms with Gasteiger partial charge in [0.15, 0.2) is 0 Å². The van der Waals surface area contributed by atoms with Gasteiger partial charge in [-0.1, -0.05) is 0 Å². The van der Waals surface area contributed by atoms with Gasteiger partial charge in [0.2, 0.25) is 16.0 Å². The average molecular weight is 259 g/mol. The second-order valence-corrected chi connectivity index (χ2v) is 6.07. The maximum Gasteiger partial charge on any atom is 0.235 e. The van der Waals surface area contributed by atoms with Crippen LogP contribution in [0.2, 0.25) is 0 Å². The second kappa shape index (κ2) is 5.01. The van der Waals surface area contributed by atoms with Crippen LogP contribution in [0.15, 0.2) is 6.33 Å². The zero-order valence-corrected chi connectivity index (χ0v) is 10.6. The van der Waals surface area contributed by atoms with Gasteiger partial charge in [-0.2, -0.15) is 10.1 Å². The zero-order valence-electron chi connectivity index (χ0n) is 9.76. The minimum atomic E-state index is -3.34. The highest BCUT2D eigenvalue weighted by Gasteiger charge is 2.22. The van der Waals surface area contributed by atoms with Crippen LogP contribution in [-0.2, 0) is 17.1 Å². The zero-order chi connectivity index (χ0) is 12.3. The third-order valence-corrected chi connectivity index (χ3v) is 4.22. The van der Waals surface area contributed by atoms with Gasteiger partial charge in [-0.05, 0) is 31.8 Å². The largest absolute Gasteiger partial charge is 0.316 e. The standard InChI is InChI=1S/C9H17N5O2S/c1-14-9(11-7-12-14)13-17(15,16)6-8-3-2-4-10-5-8/h7-8,10H,2-6H2,1H3,(H,11,12,13). The molecule has 0 aromatic carbocycles. The molecule has 1 unspecified atom stereocenters. The van der Waals surface area contributed by atoms with Crippen molar-refractivity contribution in [1.82, 2.24) is 20.1 Å². The summed E-state index contributed by atoms with van der Waals surface area (Å²) in [5.41, 5.74) is 0. The van der Waals surface area contributed by atoms with E-state index in [4.69, 9.17) is 0 Å². The van der Waals surface area contributed by atoms with E-state index in [2.05, 4.69) is 20.1 Å². The molecular weight excluding hydrogens is 242 g/mol. The minimum Gasteiger partial charge on any atom is -0.316 e. The van der Waals surface area contributed by atoms with Crippen LogP contribution in [0.1, 0.15) is 12.8 Å². The van der Waals surface area contributed by atoms with E-state index >= 15 is 0 Å². The lowest BCUT2D eigenvalue weighted by Crippen LogP contribution is -2.35. The summed E-state index contributed by atoms with van der Waals surface area (Å²) in [5, 5.41) is 7.02. The summed E-state index contributed by atoms with van der Waals surface area (Å²) in [5.74, 6) is 0.565. The van der Waals surface area contributed by atoms with Crippen LogP contribution in [0.25, 0.3) is 0 Å². The highest BCUT2D eigenvalue weighted by Crippen LogP contribution is 2.13. The molecule has 0 saturated carbocycles. The Morgan fingerprint density at radius 3 is 3.06 bits per heavy atom. The Bertz CT molecular complexity index is 463. The van der Waals surface area contributed by atoms with Gasteiger partial charge in [-0.3, -0.25) is 4.72 Å². The molecule has 1 atom stereocenters. The van der Waals surface area contributed by atoms with Crippen molar-refractivity contribution in [2.24, 2.45) is 13.0 Å². The molecule has 17 heavy (non-hydrogen) atoms. The van der Waals surface area contributed by atoms with Gasteiger partial charge in [0, 0.05) is 7.05 Å². The number of aryl methyl sites for hydroxylation is 1. The van der Waals surface area contributed by atoms with E-state index in [1.807, 2.05) is 0 Å². The van der Waals surface area contributed by atoms with Crippen LogP contribution < -0.4 is 10.0 Å². The Balaban J connectivity index is 1.97. The first-order valence-electron chi connectivity index (χ1n) is 5.62.